The van der Waals surface area contributed by atoms with E-state index in [2.05, 4.69) is 9.71 Å². The highest BCUT2D eigenvalue weighted by Gasteiger charge is 2.17. The van der Waals surface area contributed by atoms with Gasteiger partial charge in [-0.15, -0.1) is 0 Å². The van der Waals surface area contributed by atoms with Gasteiger partial charge in [-0.3, -0.25) is 14.8 Å². The van der Waals surface area contributed by atoms with E-state index < -0.39 is 14.9 Å². The maximum Gasteiger partial charge on any atom is 0.345 e. The predicted octanol–water partition coefficient (Wildman–Crippen LogP) is 1.87. The Bertz CT molecular complexity index is 714. The van der Waals surface area contributed by atoms with E-state index in [0.29, 0.717) is 17.1 Å². The molecule has 0 bridgehead atoms. The van der Waals surface area contributed by atoms with E-state index >= 15 is 0 Å². The number of rotatable bonds is 7. The van der Waals surface area contributed by atoms with Crippen LogP contribution < -0.4 is 9.46 Å². The Hall–Kier alpha value is -2.20. The molecule has 1 heterocycles. The van der Waals surface area contributed by atoms with Gasteiger partial charge in [-0.1, -0.05) is 18.2 Å². The van der Waals surface area contributed by atoms with E-state index in [4.69, 9.17) is 4.74 Å². The zero-order chi connectivity index (χ0) is 15.3. The van der Waals surface area contributed by atoms with Crippen LogP contribution in [0.15, 0.2) is 36.5 Å². The predicted molar refractivity (Wildman–Crippen MR) is 78.1 cm³/mol. The lowest BCUT2D eigenvalue weighted by Gasteiger charge is -2.07. The first-order valence-electron chi connectivity index (χ1n) is 5.75. The summed E-state index contributed by atoms with van der Waals surface area (Å²) in [7, 11) is -3.67. The topological polar surface area (TPSA) is 111 Å². The molecule has 21 heavy (non-hydrogen) atoms. The van der Waals surface area contributed by atoms with Gasteiger partial charge in [0.1, 0.15) is 24.3 Å². The molecule has 0 saturated heterocycles. The minimum atomic E-state index is -3.67. The van der Waals surface area contributed by atoms with E-state index in [1.54, 1.807) is 24.3 Å². The molecule has 0 radical (unpaired) electrons. The molecule has 1 N–H and O–H groups in total. The second kappa shape index (κ2) is 6.50. The Labute approximate surface area is 124 Å². The van der Waals surface area contributed by atoms with Crippen LogP contribution in [0.1, 0.15) is 0 Å². The molecule has 0 atom stereocenters. The summed E-state index contributed by atoms with van der Waals surface area (Å²) in [4.78, 5) is 13.5. The lowest BCUT2D eigenvalue weighted by atomic mass is 10.3. The molecular weight excluding hydrogens is 318 g/mol. The van der Waals surface area contributed by atoms with Gasteiger partial charge in [-0.25, -0.2) is 13.4 Å². The van der Waals surface area contributed by atoms with Crippen LogP contribution in [0.2, 0.25) is 0 Å². The van der Waals surface area contributed by atoms with Crippen molar-refractivity contribution in [2.45, 2.75) is 0 Å². The molecule has 0 aliphatic heterocycles. The summed E-state index contributed by atoms with van der Waals surface area (Å²) in [5.74, 6) is 0.285. The lowest BCUT2D eigenvalue weighted by Crippen LogP contribution is -2.21. The second-order valence-electron chi connectivity index (χ2n) is 3.84. The van der Waals surface area contributed by atoms with Gasteiger partial charge in [0, 0.05) is 0 Å². The van der Waals surface area contributed by atoms with Gasteiger partial charge < -0.3 is 4.74 Å². The molecule has 0 unspecified atom stereocenters. The van der Waals surface area contributed by atoms with E-state index in [1.165, 1.54) is 0 Å². The number of nitrogens with one attached hydrogen (secondary N) is 1. The van der Waals surface area contributed by atoms with Gasteiger partial charge in [-0.2, -0.15) is 0 Å². The highest BCUT2D eigenvalue weighted by atomic mass is 32.2. The number of anilines is 1. The number of nitrogens with zero attached hydrogens (tertiary/aromatic N) is 2. The molecular formula is C11H11N3O5S2. The van der Waals surface area contributed by atoms with Gasteiger partial charge in [0.2, 0.25) is 15.2 Å². The molecule has 10 heteroatoms. The number of para-hydroxylation sites is 1. The fourth-order valence-electron chi connectivity index (χ4n) is 1.37. The molecule has 0 amide bonds. The fourth-order valence-corrected chi connectivity index (χ4v) is 3.12. The van der Waals surface area contributed by atoms with Crippen molar-refractivity contribution in [3.8, 4) is 5.75 Å². The Morgan fingerprint density at radius 1 is 1.33 bits per heavy atom. The maximum atomic E-state index is 11.8. The monoisotopic (exact) mass is 329 g/mol. The van der Waals surface area contributed by atoms with Gasteiger partial charge >= 0.3 is 5.00 Å². The van der Waals surface area contributed by atoms with Crippen molar-refractivity contribution in [1.82, 2.24) is 4.98 Å². The average molecular weight is 329 g/mol. The highest BCUT2D eigenvalue weighted by Crippen LogP contribution is 2.25. The van der Waals surface area contributed by atoms with Gasteiger partial charge in [-0.05, 0) is 23.5 Å². The zero-order valence-electron chi connectivity index (χ0n) is 10.6. The van der Waals surface area contributed by atoms with Crippen LogP contribution in [0.25, 0.3) is 0 Å². The molecule has 0 aliphatic carbocycles. The second-order valence-corrected chi connectivity index (χ2v) is 6.69. The maximum absolute atomic E-state index is 11.8. The normalized spacial score (nSPS) is 11.0. The summed E-state index contributed by atoms with van der Waals surface area (Å²) in [5.41, 5.74) is 0. The van der Waals surface area contributed by atoms with Crippen molar-refractivity contribution < 1.29 is 18.1 Å². The van der Waals surface area contributed by atoms with Crippen LogP contribution in [0.4, 0.5) is 10.1 Å². The first-order chi connectivity index (χ1) is 9.96. The summed E-state index contributed by atoms with van der Waals surface area (Å²) in [6, 6.07) is 8.79. The SMILES string of the molecule is O=[N+]([O-])c1cnc(NS(=O)(=O)CCOc2ccccc2)s1. The molecule has 2 aromatic rings. The molecule has 2 rings (SSSR count). The number of sulfonamides is 1. The van der Waals surface area contributed by atoms with Crippen molar-refractivity contribution in [1.29, 1.82) is 0 Å². The third kappa shape index (κ3) is 4.68. The number of hydrogen-bond acceptors (Lipinski definition) is 7. The Kier molecular flexibility index (Phi) is 4.70. The minimum absolute atomic E-state index is 0.0349. The first kappa shape index (κ1) is 15.2. The van der Waals surface area contributed by atoms with Crippen molar-refractivity contribution in [2.75, 3.05) is 17.1 Å². The molecule has 8 nitrogen and oxygen atoms in total. The molecule has 112 valence electrons. The Morgan fingerprint density at radius 3 is 2.67 bits per heavy atom. The van der Waals surface area contributed by atoms with Crippen LogP contribution in [0, 0.1) is 10.1 Å². The van der Waals surface area contributed by atoms with Crippen LogP contribution in [0.3, 0.4) is 0 Å². The van der Waals surface area contributed by atoms with E-state index in [1.807, 2.05) is 6.07 Å². The molecule has 0 fully saturated rings. The molecule has 1 aromatic carbocycles. The van der Waals surface area contributed by atoms with E-state index in [9.17, 15) is 18.5 Å². The number of benzene rings is 1. The standard InChI is InChI=1S/C11H11N3O5S2/c15-14(16)10-8-12-11(20-10)13-21(17,18)7-6-19-9-4-2-1-3-5-9/h1-5,8H,6-7H2,(H,12,13). The average Bonchev–Trinajstić information content (AvgIpc) is 2.87. The van der Waals surface area contributed by atoms with Gasteiger partial charge in [0.25, 0.3) is 0 Å². The Morgan fingerprint density at radius 2 is 2.05 bits per heavy atom. The van der Waals surface area contributed by atoms with Crippen molar-refractivity contribution in [2.24, 2.45) is 0 Å². The molecule has 0 saturated carbocycles. The van der Waals surface area contributed by atoms with Crippen LogP contribution in [0.5, 0.6) is 5.75 Å². The minimum Gasteiger partial charge on any atom is -0.492 e. The van der Waals surface area contributed by atoms with Crippen molar-refractivity contribution >= 4 is 31.5 Å². The number of thiazole rings is 1. The number of nitro groups is 1. The zero-order valence-corrected chi connectivity index (χ0v) is 12.3. The first-order valence-corrected chi connectivity index (χ1v) is 8.22. The molecule has 0 spiro atoms. The number of ether oxygens (including phenoxy) is 1. The molecule has 0 aliphatic rings. The van der Waals surface area contributed by atoms with Crippen molar-refractivity contribution in [3.05, 3.63) is 46.6 Å². The van der Waals surface area contributed by atoms with Crippen LogP contribution in [-0.2, 0) is 10.0 Å². The van der Waals surface area contributed by atoms with E-state index in [-0.39, 0.29) is 22.5 Å². The summed E-state index contributed by atoms with van der Waals surface area (Å²) < 4.78 is 31.0. The summed E-state index contributed by atoms with van der Waals surface area (Å²) in [5, 5.41) is 10.2. The third-order valence-corrected chi connectivity index (χ3v) is 4.48. The summed E-state index contributed by atoms with van der Waals surface area (Å²) in [6.45, 7) is -0.0349. The largest absolute Gasteiger partial charge is 0.492 e. The van der Waals surface area contributed by atoms with Gasteiger partial charge in [0.05, 0.1) is 4.92 Å². The van der Waals surface area contributed by atoms with E-state index in [0.717, 1.165) is 6.20 Å². The quantitative estimate of drug-likeness (QED) is 0.613. The summed E-state index contributed by atoms with van der Waals surface area (Å²) in [6.07, 6.45) is 1.00. The smallest absolute Gasteiger partial charge is 0.345 e. The summed E-state index contributed by atoms with van der Waals surface area (Å²) >= 11 is 0.656. The van der Waals surface area contributed by atoms with Crippen molar-refractivity contribution in [3.63, 3.8) is 0 Å². The Balaban J connectivity index is 1.88. The fraction of sp³-hybridized carbons (Fsp3) is 0.182. The molecule has 1 aromatic heterocycles. The number of aromatic nitrogens is 1. The van der Waals surface area contributed by atoms with Crippen LogP contribution in [-0.4, -0.2) is 30.7 Å². The lowest BCUT2D eigenvalue weighted by molar-refractivity contribution is -0.380. The highest BCUT2D eigenvalue weighted by molar-refractivity contribution is 7.92. The number of hydrogen-bond donors (Lipinski definition) is 1. The van der Waals surface area contributed by atoms with Crippen LogP contribution >= 0.6 is 11.3 Å². The van der Waals surface area contributed by atoms with Gasteiger partial charge in [0.15, 0.2) is 0 Å². The third-order valence-electron chi connectivity index (χ3n) is 2.28.